The lowest BCUT2D eigenvalue weighted by Crippen LogP contribution is -2.40. The molecule has 1 aliphatic rings. The van der Waals surface area contributed by atoms with Crippen LogP contribution in [-0.2, 0) is 6.42 Å². The van der Waals surface area contributed by atoms with Crippen LogP contribution in [0.3, 0.4) is 0 Å². The standard InChI is InChI=1S/C14H22ClN3/c1-4-11-8-6-7-9-18(11)14-10(3)13(15)16-12(5-2)17-14/h11H,4-9H2,1-3H3. The topological polar surface area (TPSA) is 29.0 Å². The second kappa shape index (κ2) is 5.87. The molecule has 0 aromatic carbocycles. The van der Waals surface area contributed by atoms with Gasteiger partial charge in [0.15, 0.2) is 0 Å². The Morgan fingerprint density at radius 2 is 2.06 bits per heavy atom. The minimum absolute atomic E-state index is 0.605. The summed E-state index contributed by atoms with van der Waals surface area (Å²) >= 11 is 6.23. The van der Waals surface area contributed by atoms with Crippen molar-refractivity contribution >= 4 is 17.4 Å². The van der Waals surface area contributed by atoms with Crippen molar-refractivity contribution in [2.24, 2.45) is 0 Å². The van der Waals surface area contributed by atoms with Crippen molar-refractivity contribution in [2.75, 3.05) is 11.4 Å². The molecule has 0 saturated carbocycles. The Kier molecular flexibility index (Phi) is 4.44. The van der Waals surface area contributed by atoms with Gasteiger partial charge in [-0.3, -0.25) is 0 Å². The minimum atomic E-state index is 0.605. The lowest BCUT2D eigenvalue weighted by molar-refractivity contribution is 0.445. The fraction of sp³-hybridized carbons (Fsp3) is 0.714. The first-order valence-electron chi connectivity index (χ1n) is 6.97. The first-order valence-corrected chi connectivity index (χ1v) is 7.34. The summed E-state index contributed by atoms with van der Waals surface area (Å²) in [5, 5.41) is 0.609. The van der Waals surface area contributed by atoms with Crippen LogP contribution in [0.15, 0.2) is 0 Å². The molecule has 1 unspecified atom stereocenters. The lowest BCUT2D eigenvalue weighted by Gasteiger charge is -2.37. The number of hydrogen-bond acceptors (Lipinski definition) is 3. The van der Waals surface area contributed by atoms with E-state index in [0.29, 0.717) is 11.2 Å². The lowest BCUT2D eigenvalue weighted by atomic mass is 9.99. The van der Waals surface area contributed by atoms with Gasteiger partial charge >= 0.3 is 0 Å². The summed E-state index contributed by atoms with van der Waals surface area (Å²) in [6, 6.07) is 0.605. The number of nitrogens with zero attached hydrogens (tertiary/aromatic N) is 3. The molecule has 0 radical (unpaired) electrons. The Hall–Kier alpha value is -0.830. The zero-order valence-electron chi connectivity index (χ0n) is 11.5. The Morgan fingerprint density at radius 1 is 1.28 bits per heavy atom. The van der Waals surface area contributed by atoms with E-state index in [0.717, 1.165) is 30.2 Å². The summed E-state index contributed by atoms with van der Waals surface area (Å²) in [5.74, 6) is 1.90. The number of rotatable bonds is 3. The molecule has 4 heteroatoms. The number of anilines is 1. The van der Waals surface area contributed by atoms with Crippen molar-refractivity contribution in [3.63, 3.8) is 0 Å². The second-order valence-corrected chi connectivity index (χ2v) is 5.34. The average Bonchev–Trinajstić information content (AvgIpc) is 2.41. The molecule has 0 aliphatic carbocycles. The predicted molar refractivity (Wildman–Crippen MR) is 76.4 cm³/mol. The minimum Gasteiger partial charge on any atom is -0.353 e. The van der Waals surface area contributed by atoms with Gasteiger partial charge in [-0.05, 0) is 32.6 Å². The van der Waals surface area contributed by atoms with Gasteiger partial charge in [0.05, 0.1) is 0 Å². The van der Waals surface area contributed by atoms with Gasteiger partial charge in [-0.2, -0.15) is 0 Å². The van der Waals surface area contributed by atoms with Crippen LogP contribution < -0.4 is 4.90 Å². The Bertz CT molecular complexity index is 420. The molecule has 1 aromatic heterocycles. The van der Waals surface area contributed by atoms with Gasteiger partial charge in [-0.15, -0.1) is 0 Å². The molecule has 2 heterocycles. The third kappa shape index (κ3) is 2.61. The fourth-order valence-electron chi connectivity index (χ4n) is 2.66. The van der Waals surface area contributed by atoms with E-state index in [4.69, 9.17) is 16.6 Å². The van der Waals surface area contributed by atoms with E-state index in [1.165, 1.54) is 25.7 Å². The molecule has 2 rings (SSSR count). The maximum atomic E-state index is 6.23. The van der Waals surface area contributed by atoms with E-state index in [-0.39, 0.29) is 0 Å². The summed E-state index contributed by atoms with van der Waals surface area (Å²) in [6.07, 6.45) is 5.84. The molecule has 0 N–H and O–H groups in total. The van der Waals surface area contributed by atoms with Crippen LogP contribution in [0.25, 0.3) is 0 Å². The highest BCUT2D eigenvalue weighted by molar-refractivity contribution is 6.30. The number of aryl methyl sites for hydroxylation is 1. The third-order valence-electron chi connectivity index (χ3n) is 3.79. The second-order valence-electron chi connectivity index (χ2n) is 4.98. The van der Waals surface area contributed by atoms with E-state index in [9.17, 15) is 0 Å². The third-order valence-corrected chi connectivity index (χ3v) is 4.16. The highest BCUT2D eigenvalue weighted by atomic mass is 35.5. The largest absolute Gasteiger partial charge is 0.353 e. The van der Waals surface area contributed by atoms with Gasteiger partial charge in [0, 0.05) is 24.6 Å². The van der Waals surface area contributed by atoms with Crippen LogP contribution in [0.5, 0.6) is 0 Å². The highest BCUT2D eigenvalue weighted by Crippen LogP contribution is 2.30. The van der Waals surface area contributed by atoms with Gasteiger partial charge in [-0.25, -0.2) is 9.97 Å². The van der Waals surface area contributed by atoms with E-state index in [2.05, 4.69) is 23.7 Å². The predicted octanol–water partition coefficient (Wildman–Crippen LogP) is 3.77. The van der Waals surface area contributed by atoms with Crippen LogP contribution in [0, 0.1) is 6.92 Å². The highest BCUT2D eigenvalue weighted by Gasteiger charge is 2.24. The molecule has 0 amide bonds. The van der Waals surface area contributed by atoms with E-state index < -0.39 is 0 Å². The summed E-state index contributed by atoms with van der Waals surface area (Å²) < 4.78 is 0. The molecule has 0 spiro atoms. The molecular weight excluding hydrogens is 246 g/mol. The average molecular weight is 268 g/mol. The summed E-state index contributed by atoms with van der Waals surface area (Å²) in [5.41, 5.74) is 1.02. The van der Waals surface area contributed by atoms with Gasteiger partial charge < -0.3 is 4.90 Å². The molecule has 1 atom stereocenters. The molecule has 3 nitrogen and oxygen atoms in total. The van der Waals surface area contributed by atoms with Crippen molar-refractivity contribution in [1.82, 2.24) is 9.97 Å². The number of halogens is 1. The molecular formula is C14H22ClN3. The van der Waals surface area contributed by atoms with Gasteiger partial charge in [0.25, 0.3) is 0 Å². The van der Waals surface area contributed by atoms with E-state index in [1.807, 2.05) is 6.92 Å². The quantitative estimate of drug-likeness (QED) is 0.781. The smallest absolute Gasteiger partial charge is 0.137 e. The molecule has 1 fully saturated rings. The Balaban J connectivity index is 2.38. The number of hydrogen-bond donors (Lipinski definition) is 0. The zero-order chi connectivity index (χ0) is 13.1. The molecule has 0 bridgehead atoms. The molecule has 100 valence electrons. The van der Waals surface area contributed by atoms with Crippen LogP contribution in [0.4, 0.5) is 5.82 Å². The van der Waals surface area contributed by atoms with Crippen LogP contribution >= 0.6 is 11.6 Å². The Labute approximate surface area is 115 Å². The van der Waals surface area contributed by atoms with Gasteiger partial charge in [0.1, 0.15) is 16.8 Å². The van der Waals surface area contributed by atoms with Crippen LogP contribution in [-0.4, -0.2) is 22.6 Å². The molecule has 18 heavy (non-hydrogen) atoms. The van der Waals surface area contributed by atoms with Crippen LogP contribution in [0.1, 0.15) is 50.9 Å². The number of aromatic nitrogens is 2. The first kappa shape index (κ1) is 13.6. The van der Waals surface area contributed by atoms with Crippen LogP contribution in [0.2, 0.25) is 5.15 Å². The zero-order valence-corrected chi connectivity index (χ0v) is 12.3. The van der Waals surface area contributed by atoms with Gasteiger partial charge in [-0.1, -0.05) is 25.4 Å². The SMILES string of the molecule is CCc1nc(Cl)c(C)c(N2CCCCC2CC)n1. The fourth-order valence-corrected chi connectivity index (χ4v) is 2.84. The van der Waals surface area contributed by atoms with E-state index >= 15 is 0 Å². The van der Waals surface area contributed by atoms with Crippen molar-refractivity contribution in [3.8, 4) is 0 Å². The van der Waals surface area contributed by atoms with Crippen molar-refractivity contribution < 1.29 is 0 Å². The molecule has 1 saturated heterocycles. The molecule has 1 aromatic rings. The summed E-state index contributed by atoms with van der Waals surface area (Å²) in [4.78, 5) is 11.5. The van der Waals surface area contributed by atoms with E-state index in [1.54, 1.807) is 0 Å². The van der Waals surface area contributed by atoms with Gasteiger partial charge in [0.2, 0.25) is 0 Å². The Morgan fingerprint density at radius 3 is 2.72 bits per heavy atom. The summed E-state index contributed by atoms with van der Waals surface area (Å²) in [7, 11) is 0. The monoisotopic (exact) mass is 267 g/mol. The van der Waals surface area contributed by atoms with Crippen molar-refractivity contribution in [3.05, 3.63) is 16.5 Å². The number of piperidine rings is 1. The normalized spacial score (nSPS) is 20.2. The summed E-state index contributed by atoms with van der Waals surface area (Å²) in [6.45, 7) is 7.44. The maximum Gasteiger partial charge on any atom is 0.137 e. The van der Waals surface area contributed by atoms with Crippen molar-refractivity contribution in [2.45, 2.75) is 58.9 Å². The molecule has 1 aliphatic heterocycles. The van der Waals surface area contributed by atoms with Crippen molar-refractivity contribution in [1.29, 1.82) is 0 Å². The first-order chi connectivity index (χ1) is 8.67. The maximum absolute atomic E-state index is 6.23.